The molecule has 2 amide bonds. The van der Waals surface area contributed by atoms with Gasteiger partial charge in [-0.25, -0.2) is 0 Å². The molecule has 0 unspecified atom stereocenters. The molecule has 1 fully saturated rings. The second-order valence-corrected chi connectivity index (χ2v) is 10.3. The van der Waals surface area contributed by atoms with E-state index in [1.54, 1.807) is 61.6 Å². The summed E-state index contributed by atoms with van der Waals surface area (Å²) in [6.45, 7) is 1.56. The second kappa shape index (κ2) is 11.2. The summed E-state index contributed by atoms with van der Waals surface area (Å²) in [7, 11) is 3.10. The van der Waals surface area contributed by atoms with Crippen molar-refractivity contribution >= 4 is 41.0 Å². The molecule has 0 aromatic heterocycles. The molecule has 11 heteroatoms. The van der Waals surface area contributed by atoms with E-state index in [2.05, 4.69) is 5.32 Å². The van der Waals surface area contributed by atoms with Crippen LogP contribution in [0.15, 0.2) is 70.5 Å². The quantitative estimate of drug-likeness (QED) is 0.394. The number of alkyl halides is 3. The lowest BCUT2D eigenvalue weighted by molar-refractivity contribution is -0.137. The minimum atomic E-state index is -4.41. The van der Waals surface area contributed by atoms with Crippen LogP contribution in [-0.4, -0.2) is 57.1 Å². The minimum Gasteiger partial charge on any atom is -0.493 e. The largest absolute Gasteiger partial charge is 0.493 e. The van der Waals surface area contributed by atoms with Gasteiger partial charge in [-0.1, -0.05) is 23.9 Å². The molecule has 2 heterocycles. The smallest absolute Gasteiger partial charge is 0.416 e. The summed E-state index contributed by atoms with van der Waals surface area (Å²) in [5.74, 6) is 0.659. The first-order valence-corrected chi connectivity index (χ1v) is 13.3. The number of rotatable bonds is 5. The Morgan fingerprint density at radius 2 is 1.70 bits per heavy atom. The number of ether oxygens (including phenoxy) is 2. The molecule has 1 saturated heterocycles. The van der Waals surface area contributed by atoms with E-state index in [4.69, 9.17) is 9.47 Å². The van der Waals surface area contributed by atoms with Crippen molar-refractivity contribution in [3.8, 4) is 11.5 Å². The number of piperazine rings is 1. The summed E-state index contributed by atoms with van der Waals surface area (Å²) in [6, 6.07) is 15.8. The zero-order valence-electron chi connectivity index (χ0n) is 21.7. The number of benzene rings is 3. The number of nitrogens with one attached hydrogen (secondary N) is 1. The number of hydrogen-bond acceptors (Lipinski definition) is 6. The number of amides is 2. The average Bonchev–Trinajstić information content (AvgIpc) is 2.96. The molecule has 0 aliphatic carbocycles. The fourth-order valence-corrected chi connectivity index (χ4v) is 5.55. The lowest BCUT2D eigenvalue weighted by Gasteiger charge is -2.36. The fraction of sp³-hybridized carbons (Fsp3) is 0.241. The maximum absolute atomic E-state index is 13.2. The summed E-state index contributed by atoms with van der Waals surface area (Å²) < 4.78 is 49.9. The van der Waals surface area contributed by atoms with Gasteiger partial charge in [-0.15, -0.1) is 0 Å². The van der Waals surface area contributed by atoms with Gasteiger partial charge in [-0.2, -0.15) is 13.2 Å². The van der Waals surface area contributed by atoms with Gasteiger partial charge in [0.25, 0.3) is 11.8 Å². The molecule has 0 bridgehead atoms. The predicted molar refractivity (Wildman–Crippen MR) is 148 cm³/mol. The van der Waals surface area contributed by atoms with E-state index in [9.17, 15) is 22.8 Å². The average molecular weight is 570 g/mol. The van der Waals surface area contributed by atoms with Gasteiger partial charge >= 0.3 is 6.18 Å². The lowest BCUT2D eigenvalue weighted by atomic mass is 10.1. The Hall–Kier alpha value is -4.12. The number of thioether (sulfide) groups is 1. The van der Waals surface area contributed by atoms with E-state index >= 15 is 0 Å². The highest BCUT2D eigenvalue weighted by Crippen LogP contribution is 2.40. The van der Waals surface area contributed by atoms with Crippen LogP contribution in [0.2, 0.25) is 0 Å². The topological polar surface area (TPSA) is 71.1 Å². The predicted octanol–water partition coefficient (Wildman–Crippen LogP) is 5.77. The van der Waals surface area contributed by atoms with Crippen LogP contribution in [0.3, 0.4) is 0 Å². The number of methoxy groups -OCH3 is 2. The van der Waals surface area contributed by atoms with Crippen molar-refractivity contribution in [3.63, 3.8) is 0 Å². The Balaban J connectivity index is 1.26. The number of nitrogens with zero attached hydrogens (tertiary/aromatic N) is 2. The highest BCUT2D eigenvalue weighted by atomic mass is 32.2. The Labute approximate surface area is 233 Å². The van der Waals surface area contributed by atoms with Crippen LogP contribution >= 0.6 is 11.8 Å². The normalized spacial score (nSPS) is 16.4. The molecule has 5 rings (SSSR count). The Morgan fingerprint density at radius 3 is 2.40 bits per heavy atom. The molecule has 3 aromatic rings. The molecule has 2 aliphatic rings. The van der Waals surface area contributed by atoms with Crippen LogP contribution in [0.1, 0.15) is 21.5 Å². The van der Waals surface area contributed by atoms with Gasteiger partial charge in [-0.3, -0.25) is 9.59 Å². The first kappa shape index (κ1) is 27.4. The second-order valence-electron chi connectivity index (χ2n) is 9.22. The van der Waals surface area contributed by atoms with Gasteiger partial charge in [0.1, 0.15) is 0 Å². The summed E-state index contributed by atoms with van der Waals surface area (Å²) in [4.78, 5) is 30.9. The summed E-state index contributed by atoms with van der Waals surface area (Å²) in [6.07, 6.45) is -2.65. The van der Waals surface area contributed by atoms with Crippen molar-refractivity contribution in [3.05, 3.63) is 82.3 Å². The molecular formula is C29H26F3N3O4S. The van der Waals surface area contributed by atoms with Gasteiger partial charge in [0, 0.05) is 42.3 Å². The van der Waals surface area contributed by atoms with E-state index in [1.165, 1.54) is 17.8 Å². The van der Waals surface area contributed by atoms with Crippen molar-refractivity contribution in [1.82, 2.24) is 4.90 Å². The molecule has 2 aliphatic heterocycles. The number of anilines is 2. The Morgan fingerprint density at radius 1 is 0.950 bits per heavy atom. The van der Waals surface area contributed by atoms with Gasteiger partial charge in [0.05, 0.1) is 30.4 Å². The van der Waals surface area contributed by atoms with Gasteiger partial charge in [0.15, 0.2) is 11.5 Å². The fourth-order valence-electron chi connectivity index (χ4n) is 4.62. The molecule has 1 N–H and O–H groups in total. The van der Waals surface area contributed by atoms with Crippen molar-refractivity contribution in [2.45, 2.75) is 11.1 Å². The maximum Gasteiger partial charge on any atom is 0.416 e. The molecular weight excluding hydrogens is 543 g/mol. The van der Waals surface area contributed by atoms with E-state index in [-0.39, 0.29) is 11.8 Å². The Bertz CT molecular complexity index is 1480. The molecule has 0 spiro atoms. The first-order chi connectivity index (χ1) is 19.2. The molecule has 0 radical (unpaired) electrons. The third kappa shape index (κ3) is 5.74. The third-order valence-electron chi connectivity index (χ3n) is 6.73. The van der Waals surface area contributed by atoms with Gasteiger partial charge < -0.3 is 24.6 Å². The van der Waals surface area contributed by atoms with E-state index in [0.29, 0.717) is 59.5 Å². The monoisotopic (exact) mass is 569 g/mol. The van der Waals surface area contributed by atoms with Crippen LogP contribution in [0, 0.1) is 0 Å². The number of carbonyl (C=O) groups excluding carboxylic acids is 2. The summed E-state index contributed by atoms with van der Waals surface area (Å²) >= 11 is 1.31. The van der Waals surface area contributed by atoms with E-state index in [1.807, 2.05) is 11.0 Å². The number of carbonyl (C=O) groups is 2. The molecule has 3 aromatic carbocycles. The summed E-state index contributed by atoms with van der Waals surface area (Å²) in [5.41, 5.74) is 1.54. The van der Waals surface area contributed by atoms with Crippen molar-refractivity contribution in [2.75, 3.05) is 50.6 Å². The zero-order valence-corrected chi connectivity index (χ0v) is 22.6. The first-order valence-electron chi connectivity index (χ1n) is 12.4. The zero-order chi connectivity index (χ0) is 28.4. The van der Waals surface area contributed by atoms with Crippen LogP contribution in [0.25, 0.3) is 6.08 Å². The standard InChI is InChI=1S/C29H26F3N3O4S/c1-38-23-8-6-18(14-24(23)39-2)15-26-27(36)33-22-16-19(7-9-25(22)40-26)28(37)35-12-10-34(11-13-35)21-5-3-4-20(17-21)29(30,31)32/h3-9,14-17H,10-13H2,1-2H3,(H,33,36)/b26-15+. The summed E-state index contributed by atoms with van der Waals surface area (Å²) in [5, 5.41) is 2.87. The van der Waals surface area contributed by atoms with Crippen LogP contribution in [-0.2, 0) is 11.0 Å². The van der Waals surface area contributed by atoms with Crippen molar-refractivity contribution in [1.29, 1.82) is 0 Å². The highest BCUT2D eigenvalue weighted by Gasteiger charge is 2.31. The van der Waals surface area contributed by atoms with E-state index in [0.717, 1.165) is 22.6 Å². The van der Waals surface area contributed by atoms with Gasteiger partial charge in [-0.05, 0) is 60.2 Å². The van der Waals surface area contributed by atoms with Gasteiger partial charge in [0.2, 0.25) is 0 Å². The SMILES string of the molecule is COc1ccc(/C=C2/Sc3ccc(C(=O)N4CCN(c5cccc(C(F)(F)F)c5)CC4)cc3NC2=O)cc1OC. The molecule has 40 heavy (non-hydrogen) atoms. The van der Waals surface area contributed by atoms with Crippen molar-refractivity contribution in [2.24, 2.45) is 0 Å². The third-order valence-corrected chi connectivity index (χ3v) is 7.83. The minimum absolute atomic E-state index is 0.197. The lowest BCUT2D eigenvalue weighted by Crippen LogP contribution is -2.48. The number of hydrogen-bond donors (Lipinski definition) is 1. The van der Waals surface area contributed by atoms with Crippen molar-refractivity contribution < 1.29 is 32.2 Å². The highest BCUT2D eigenvalue weighted by molar-refractivity contribution is 8.04. The number of fused-ring (bicyclic) bond motifs is 1. The number of halogens is 3. The van der Waals surface area contributed by atoms with E-state index < -0.39 is 11.7 Å². The maximum atomic E-state index is 13.2. The van der Waals surface area contributed by atoms with Crippen LogP contribution in [0.4, 0.5) is 24.5 Å². The molecule has 208 valence electrons. The molecule has 0 saturated carbocycles. The molecule has 7 nitrogen and oxygen atoms in total. The van der Waals surface area contributed by atoms with Crippen LogP contribution in [0.5, 0.6) is 11.5 Å². The molecule has 0 atom stereocenters. The Kier molecular flexibility index (Phi) is 7.66. The van der Waals surface area contributed by atoms with Crippen LogP contribution < -0.4 is 19.7 Å².